The summed E-state index contributed by atoms with van der Waals surface area (Å²) in [6, 6.07) is 0.749. The fourth-order valence-corrected chi connectivity index (χ4v) is 4.62. The van der Waals surface area contributed by atoms with Crippen molar-refractivity contribution in [3.8, 4) is 0 Å². The summed E-state index contributed by atoms with van der Waals surface area (Å²) < 4.78 is 0. The third-order valence-electron chi connectivity index (χ3n) is 6.41. The molecule has 0 aromatic carbocycles. The molecule has 1 saturated heterocycles. The molecule has 0 amide bonds. The Labute approximate surface area is 132 Å². The Balaban J connectivity index is 1.91. The van der Waals surface area contributed by atoms with Gasteiger partial charge in [0.25, 0.3) is 0 Å². The first kappa shape index (κ1) is 17.2. The fourth-order valence-electron chi connectivity index (χ4n) is 4.62. The van der Waals surface area contributed by atoms with Crippen molar-refractivity contribution in [3.05, 3.63) is 0 Å². The normalized spacial score (nSPS) is 32.7. The smallest absolute Gasteiger partial charge is 0.0331 e. The molecule has 2 N–H and O–H groups in total. The van der Waals surface area contributed by atoms with Gasteiger partial charge in [0, 0.05) is 18.1 Å². The second kappa shape index (κ2) is 7.94. The summed E-state index contributed by atoms with van der Waals surface area (Å²) in [5.41, 5.74) is 6.56. The SMILES string of the molecule is CCCC1CCC(CN)(N(C)C2CCN(CC)CC2)CC1. The van der Waals surface area contributed by atoms with Crippen LogP contribution in [-0.4, -0.2) is 54.6 Å². The summed E-state index contributed by atoms with van der Waals surface area (Å²) in [4.78, 5) is 5.28. The van der Waals surface area contributed by atoms with E-state index < -0.39 is 0 Å². The van der Waals surface area contributed by atoms with Gasteiger partial charge in [-0.1, -0.05) is 26.7 Å². The highest BCUT2D eigenvalue weighted by Gasteiger charge is 2.40. The summed E-state index contributed by atoms with van der Waals surface area (Å²) in [7, 11) is 2.36. The highest BCUT2D eigenvalue weighted by Crippen LogP contribution is 2.39. The van der Waals surface area contributed by atoms with Crippen LogP contribution < -0.4 is 5.73 Å². The lowest BCUT2D eigenvalue weighted by Gasteiger charge is -2.50. The van der Waals surface area contributed by atoms with E-state index in [1.165, 1.54) is 71.0 Å². The van der Waals surface area contributed by atoms with E-state index in [1.807, 2.05) is 0 Å². The first-order valence-corrected chi connectivity index (χ1v) is 9.30. The minimum absolute atomic E-state index is 0.295. The van der Waals surface area contributed by atoms with Crippen LogP contribution in [0.15, 0.2) is 0 Å². The molecule has 124 valence electrons. The van der Waals surface area contributed by atoms with Crippen LogP contribution in [0.3, 0.4) is 0 Å². The molecule has 0 unspecified atom stereocenters. The molecule has 3 heteroatoms. The van der Waals surface area contributed by atoms with E-state index >= 15 is 0 Å². The molecule has 0 spiro atoms. The Morgan fingerprint density at radius 2 is 1.71 bits per heavy atom. The third kappa shape index (κ3) is 4.00. The number of likely N-dealkylation sites (N-methyl/N-ethyl adjacent to an activating group) is 1. The van der Waals surface area contributed by atoms with Crippen LogP contribution in [0.1, 0.15) is 65.2 Å². The molecular weight excluding hydrogens is 258 g/mol. The van der Waals surface area contributed by atoms with E-state index in [4.69, 9.17) is 5.73 Å². The van der Waals surface area contributed by atoms with Gasteiger partial charge >= 0.3 is 0 Å². The summed E-state index contributed by atoms with van der Waals surface area (Å²) in [5, 5.41) is 0. The predicted molar refractivity (Wildman–Crippen MR) is 91.6 cm³/mol. The quantitative estimate of drug-likeness (QED) is 0.817. The van der Waals surface area contributed by atoms with Crippen LogP contribution in [0.5, 0.6) is 0 Å². The van der Waals surface area contributed by atoms with Gasteiger partial charge in [0.15, 0.2) is 0 Å². The molecule has 0 bridgehead atoms. The van der Waals surface area contributed by atoms with E-state index in [0.29, 0.717) is 5.54 Å². The predicted octanol–water partition coefficient (Wildman–Crippen LogP) is 3.09. The zero-order chi connectivity index (χ0) is 15.3. The van der Waals surface area contributed by atoms with Gasteiger partial charge in [-0.15, -0.1) is 0 Å². The van der Waals surface area contributed by atoms with Crippen molar-refractivity contribution in [3.63, 3.8) is 0 Å². The van der Waals surface area contributed by atoms with Gasteiger partial charge < -0.3 is 10.6 Å². The van der Waals surface area contributed by atoms with Crippen molar-refractivity contribution in [2.24, 2.45) is 11.7 Å². The molecule has 0 aromatic heterocycles. The Kier molecular flexibility index (Phi) is 6.51. The van der Waals surface area contributed by atoms with E-state index in [0.717, 1.165) is 18.5 Å². The second-order valence-electron chi connectivity index (χ2n) is 7.44. The molecule has 1 aliphatic carbocycles. The standard InChI is InChI=1S/C18H37N3/c1-4-6-16-7-11-18(15-19,12-8-16)20(3)17-9-13-21(5-2)14-10-17/h16-17H,4-15,19H2,1-3H3. The lowest BCUT2D eigenvalue weighted by Crippen LogP contribution is -2.59. The van der Waals surface area contributed by atoms with Crippen molar-refractivity contribution in [2.45, 2.75) is 76.8 Å². The van der Waals surface area contributed by atoms with Crippen LogP contribution >= 0.6 is 0 Å². The summed E-state index contributed by atoms with van der Waals surface area (Å²) >= 11 is 0. The molecular formula is C18H37N3. The van der Waals surface area contributed by atoms with Gasteiger partial charge in [0.2, 0.25) is 0 Å². The molecule has 0 atom stereocenters. The van der Waals surface area contributed by atoms with Crippen LogP contribution in [0.25, 0.3) is 0 Å². The van der Waals surface area contributed by atoms with E-state index in [2.05, 4.69) is 30.7 Å². The first-order valence-electron chi connectivity index (χ1n) is 9.30. The molecule has 3 nitrogen and oxygen atoms in total. The maximum atomic E-state index is 6.27. The fraction of sp³-hybridized carbons (Fsp3) is 1.00. The van der Waals surface area contributed by atoms with Crippen LogP contribution in [0.4, 0.5) is 0 Å². The largest absolute Gasteiger partial charge is 0.329 e. The number of piperidine rings is 1. The van der Waals surface area contributed by atoms with Gasteiger partial charge in [0.1, 0.15) is 0 Å². The van der Waals surface area contributed by atoms with Gasteiger partial charge in [-0.2, -0.15) is 0 Å². The minimum Gasteiger partial charge on any atom is -0.329 e. The average Bonchev–Trinajstić information content (AvgIpc) is 2.55. The van der Waals surface area contributed by atoms with E-state index in [-0.39, 0.29) is 0 Å². The lowest BCUT2D eigenvalue weighted by atomic mass is 9.73. The average molecular weight is 296 g/mol. The van der Waals surface area contributed by atoms with Crippen LogP contribution in [0.2, 0.25) is 0 Å². The topological polar surface area (TPSA) is 32.5 Å². The van der Waals surface area contributed by atoms with Gasteiger partial charge in [-0.3, -0.25) is 4.90 Å². The van der Waals surface area contributed by atoms with Crippen molar-refractivity contribution in [1.82, 2.24) is 9.80 Å². The molecule has 21 heavy (non-hydrogen) atoms. The van der Waals surface area contributed by atoms with Gasteiger partial charge in [0.05, 0.1) is 0 Å². The Hall–Kier alpha value is -0.120. The molecule has 2 aliphatic rings. The highest BCUT2D eigenvalue weighted by molar-refractivity contribution is 4.97. The maximum Gasteiger partial charge on any atom is 0.0331 e. The first-order chi connectivity index (χ1) is 10.1. The Morgan fingerprint density at radius 1 is 1.10 bits per heavy atom. The molecule has 0 radical (unpaired) electrons. The zero-order valence-corrected chi connectivity index (χ0v) is 14.6. The van der Waals surface area contributed by atoms with Gasteiger partial charge in [-0.25, -0.2) is 0 Å². The molecule has 1 aliphatic heterocycles. The molecule has 1 saturated carbocycles. The number of likely N-dealkylation sites (tertiary alicyclic amines) is 1. The number of nitrogens with zero attached hydrogens (tertiary/aromatic N) is 2. The van der Waals surface area contributed by atoms with E-state index in [1.54, 1.807) is 0 Å². The minimum atomic E-state index is 0.295. The molecule has 1 heterocycles. The lowest BCUT2D eigenvalue weighted by molar-refractivity contribution is 0.00556. The molecule has 2 fully saturated rings. The third-order valence-corrected chi connectivity index (χ3v) is 6.41. The van der Waals surface area contributed by atoms with Crippen molar-refractivity contribution < 1.29 is 0 Å². The summed E-state index contributed by atoms with van der Waals surface area (Å²) in [5.74, 6) is 0.963. The Bertz CT molecular complexity index is 289. The van der Waals surface area contributed by atoms with Crippen molar-refractivity contribution in [1.29, 1.82) is 0 Å². The number of hydrogen-bond donors (Lipinski definition) is 1. The monoisotopic (exact) mass is 295 g/mol. The molecule has 2 rings (SSSR count). The number of nitrogens with two attached hydrogens (primary N) is 1. The second-order valence-corrected chi connectivity index (χ2v) is 7.44. The zero-order valence-electron chi connectivity index (χ0n) is 14.6. The Morgan fingerprint density at radius 3 is 2.19 bits per heavy atom. The highest BCUT2D eigenvalue weighted by atomic mass is 15.2. The van der Waals surface area contributed by atoms with Crippen molar-refractivity contribution in [2.75, 3.05) is 33.2 Å². The summed E-state index contributed by atoms with van der Waals surface area (Å²) in [6.07, 6.45) is 10.8. The van der Waals surface area contributed by atoms with Crippen LogP contribution in [-0.2, 0) is 0 Å². The maximum absolute atomic E-state index is 6.27. The van der Waals surface area contributed by atoms with E-state index in [9.17, 15) is 0 Å². The number of rotatable bonds is 6. The van der Waals surface area contributed by atoms with Crippen molar-refractivity contribution >= 4 is 0 Å². The summed E-state index contributed by atoms with van der Waals surface area (Å²) in [6.45, 7) is 9.18. The molecule has 0 aromatic rings. The van der Waals surface area contributed by atoms with Gasteiger partial charge in [-0.05, 0) is 71.1 Å². The van der Waals surface area contributed by atoms with Crippen LogP contribution in [0, 0.1) is 5.92 Å². The number of hydrogen-bond acceptors (Lipinski definition) is 3.